The molecular weight excluding hydrogens is 200 g/mol. The van der Waals surface area contributed by atoms with Crippen LogP contribution < -0.4 is 0 Å². The molecule has 3 heteroatoms. The molecule has 0 aliphatic rings. The molecule has 0 saturated heterocycles. The smallest absolute Gasteiger partial charge is 0.0946 e. The van der Waals surface area contributed by atoms with Gasteiger partial charge in [-0.3, -0.25) is 0 Å². The Balaban J connectivity index is 1.92. The van der Waals surface area contributed by atoms with Crippen molar-refractivity contribution >= 4 is 6.08 Å². The molecule has 1 aromatic heterocycles. The van der Waals surface area contributed by atoms with E-state index in [0.29, 0.717) is 6.54 Å². The Kier molecular flexibility index (Phi) is 3.51. The van der Waals surface area contributed by atoms with Crippen LogP contribution in [-0.4, -0.2) is 20.8 Å². The third-order valence-electron chi connectivity index (χ3n) is 2.27. The molecule has 1 aromatic carbocycles. The van der Waals surface area contributed by atoms with Crippen LogP contribution in [0.4, 0.5) is 0 Å². The number of imidazole rings is 1. The fraction of sp³-hybridized carbons (Fsp3) is 0.154. The summed E-state index contributed by atoms with van der Waals surface area (Å²) >= 11 is 0. The minimum atomic E-state index is -0.491. The second-order valence-electron chi connectivity index (χ2n) is 3.60. The van der Waals surface area contributed by atoms with E-state index in [4.69, 9.17) is 0 Å². The molecule has 82 valence electrons. The number of nitrogens with zero attached hydrogens (tertiary/aromatic N) is 2. The third kappa shape index (κ3) is 3.07. The summed E-state index contributed by atoms with van der Waals surface area (Å²) in [5.41, 5.74) is 1.09. The largest absolute Gasteiger partial charge is 0.387 e. The second kappa shape index (κ2) is 5.28. The molecule has 0 aliphatic heterocycles. The summed E-state index contributed by atoms with van der Waals surface area (Å²) in [6, 6.07) is 9.92. The minimum Gasteiger partial charge on any atom is -0.387 e. The van der Waals surface area contributed by atoms with Crippen LogP contribution >= 0.6 is 0 Å². The first-order valence-electron chi connectivity index (χ1n) is 5.21. The maximum atomic E-state index is 9.75. The van der Waals surface area contributed by atoms with E-state index in [1.54, 1.807) is 18.6 Å². The van der Waals surface area contributed by atoms with Crippen molar-refractivity contribution in [3.63, 3.8) is 0 Å². The standard InChI is InChI=1S/C13H14N2O/c16-13(10-15-9-8-14-11-15)7-6-12-4-2-1-3-5-12/h1-9,11,13,16H,10H2/b7-6+. The lowest BCUT2D eigenvalue weighted by molar-refractivity contribution is 0.202. The SMILES string of the molecule is OC(/C=C/c1ccccc1)Cn1ccnc1. The lowest BCUT2D eigenvalue weighted by Gasteiger charge is -2.05. The van der Waals surface area contributed by atoms with E-state index < -0.39 is 6.10 Å². The van der Waals surface area contributed by atoms with Crippen molar-refractivity contribution in [3.05, 3.63) is 60.7 Å². The van der Waals surface area contributed by atoms with E-state index in [2.05, 4.69) is 4.98 Å². The van der Waals surface area contributed by atoms with Crippen LogP contribution in [0.1, 0.15) is 5.56 Å². The molecule has 0 spiro atoms. The number of hydrogen-bond donors (Lipinski definition) is 1. The summed E-state index contributed by atoms with van der Waals surface area (Å²) < 4.78 is 1.85. The van der Waals surface area contributed by atoms with Crippen molar-refractivity contribution in [3.8, 4) is 0 Å². The first-order valence-corrected chi connectivity index (χ1v) is 5.21. The zero-order chi connectivity index (χ0) is 11.2. The average molecular weight is 214 g/mol. The van der Waals surface area contributed by atoms with Crippen molar-refractivity contribution in [1.29, 1.82) is 0 Å². The van der Waals surface area contributed by atoms with Gasteiger partial charge >= 0.3 is 0 Å². The predicted octanol–water partition coefficient (Wildman–Crippen LogP) is 1.96. The summed E-state index contributed by atoms with van der Waals surface area (Å²) in [4.78, 5) is 3.92. The summed E-state index contributed by atoms with van der Waals surface area (Å²) in [5, 5.41) is 9.75. The zero-order valence-electron chi connectivity index (χ0n) is 8.90. The molecule has 1 heterocycles. The van der Waals surface area contributed by atoms with Crippen LogP contribution in [0.2, 0.25) is 0 Å². The van der Waals surface area contributed by atoms with Crippen molar-refractivity contribution in [2.24, 2.45) is 0 Å². The molecule has 0 amide bonds. The second-order valence-corrected chi connectivity index (χ2v) is 3.60. The van der Waals surface area contributed by atoms with E-state index in [1.165, 1.54) is 0 Å². The quantitative estimate of drug-likeness (QED) is 0.844. The van der Waals surface area contributed by atoms with Crippen LogP contribution in [0.3, 0.4) is 0 Å². The molecule has 16 heavy (non-hydrogen) atoms. The molecular formula is C13H14N2O. The maximum absolute atomic E-state index is 9.75. The highest BCUT2D eigenvalue weighted by atomic mass is 16.3. The third-order valence-corrected chi connectivity index (χ3v) is 2.27. The summed E-state index contributed by atoms with van der Waals surface area (Å²) in [6.07, 6.45) is 8.44. The van der Waals surface area contributed by atoms with Gasteiger partial charge < -0.3 is 9.67 Å². The van der Waals surface area contributed by atoms with Gasteiger partial charge in [0, 0.05) is 12.4 Å². The topological polar surface area (TPSA) is 38.0 Å². The van der Waals surface area contributed by atoms with Crippen molar-refractivity contribution in [2.45, 2.75) is 12.6 Å². The Hall–Kier alpha value is -1.87. The minimum absolute atomic E-state index is 0.491. The predicted molar refractivity (Wildman–Crippen MR) is 63.7 cm³/mol. The Morgan fingerprint density at radius 2 is 2.12 bits per heavy atom. The summed E-state index contributed by atoms with van der Waals surface area (Å²) in [7, 11) is 0. The number of rotatable bonds is 4. The van der Waals surface area contributed by atoms with E-state index in [9.17, 15) is 5.11 Å². The van der Waals surface area contributed by atoms with Crippen LogP contribution in [0, 0.1) is 0 Å². The molecule has 1 N–H and O–H groups in total. The van der Waals surface area contributed by atoms with Crippen LogP contribution in [0.5, 0.6) is 0 Å². The molecule has 3 nitrogen and oxygen atoms in total. The summed E-state index contributed by atoms with van der Waals surface area (Å²) in [5.74, 6) is 0. The maximum Gasteiger partial charge on any atom is 0.0946 e. The highest BCUT2D eigenvalue weighted by molar-refractivity contribution is 5.49. The van der Waals surface area contributed by atoms with Gasteiger partial charge in [0.05, 0.1) is 19.0 Å². The molecule has 0 saturated carbocycles. The van der Waals surface area contributed by atoms with Gasteiger partial charge in [0.2, 0.25) is 0 Å². The molecule has 2 rings (SSSR count). The van der Waals surface area contributed by atoms with E-state index >= 15 is 0 Å². The molecule has 0 fully saturated rings. The Labute approximate surface area is 94.7 Å². The van der Waals surface area contributed by atoms with Gasteiger partial charge in [-0.1, -0.05) is 42.5 Å². The van der Waals surface area contributed by atoms with Crippen molar-refractivity contribution < 1.29 is 5.11 Å². The molecule has 0 aliphatic carbocycles. The van der Waals surface area contributed by atoms with Gasteiger partial charge in [-0.2, -0.15) is 0 Å². The Morgan fingerprint density at radius 1 is 1.31 bits per heavy atom. The highest BCUT2D eigenvalue weighted by Gasteiger charge is 1.99. The van der Waals surface area contributed by atoms with Crippen LogP contribution in [0.25, 0.3) is 6.08 Å². The van der Waals surface area contributed by atoms with Gasteiger partial charge in [0.25, 0.3) is 0 Å². The first-order chi connectivity index (χ1) is 7.84. The lowest BCUT2D eigenvalue weighted by atomic mass is 10.2. The van der Waals surface area contributed by atoms with Gasteiger partial charge in [-0.15, -0.1) is 0 Å². The van der Waals surface area contributed by atoms with E-state index in [-0.39, 0.29) is 0 Å². The Morgan fingerprint density at radius 3 is 2.81 bits per heavy atom. The summed E-state index contributed by atoms with van der Waals surface area (Å²) in [6.45, 7) is 0.531. The van der Waals surface area contributed by atoms with Crippen LogP contribution in [0.15, 0.2) is 55.1 Å². The normalized spacial score (nSPS) is 13.1. The number of aromatic nitrogens is 2. The van der Waals surface area contributed by atoms with Crippen molar-refractivity contribution in [2.75, 3.05) is 0 Å². The first kappa shape index (κ1) is 10.6. The Bertz CT molecular complexity index is 434. The monoisotopic (exact) mass is 214 g/mol. The number of aliphatic hydroxyl groups excluding tert-OH is 1. The zero-order valence-corrected chi connectivity index (χ0v) is 8.90. The van der Waals surface area contributed by atoms with Gasteiger partial charge in [-0.25, -0.2) is 4.98 Å². The number of hydrogen-bond acceptors (Lipinski definition) is 2. The fourth-order valence-electron chi connectivity index (χ4n) is 1.46. The molecule has 1 unspecified atom stereocenters. The molecule has 0 bridgehead atoms. The van der Waals surface area contributed by atoms with E-state index in [1.807, 2.05) is 47.2 Å². The number of aliphatic hydroxyl groups is 1. The lowest BCUT2D eigenvalue weighted by Crippen LogP contribution is -2.11. The number of benzene rings is 1. The fourth-order valence-corrected chi connectivity index (χ4v) is 1.46. The van der Waals surface area contributed by atoms with E-state index in [0.717, 1.165) is 5.56 Å². The molecule has 1 atom stereocenters. The van der Waals surface area contributed by atoms with Crippen molar-refractivity contribution in [1.82, 2.24) is 9.55 Å². The average Bonchev–Trinajstić information content (AvgIpc) is 2.81. The van der Waals surface area contributed by atoms with Gasteiger partial charge in [0.1, 0.15) is 0 Å². The molecule has 0 radical (unpaired) electrons. The highest BCUT2D eigenvalue weighted by Crippen LogP contribution is 2.03. The molecule has 2 aromatic rings. The van der Waals surface area contributed by atoms with Crippen LogP contribution in [-0.2, 0) is 6.54 Å². The van der Waals surface area contributed by atoms with Gasteiger partial charge in [-0.05, 0) is 5.56 Å². The van der Waals surface area contributed by atoms with Gasteiger partial charge in [0.15, 0.2) is 0 Å².